The number of aliphatic carboxylic acids is 1. The summed E-state index contributed by atoms with van der Waals surface area (Å²) in [6.07, 6.45) is 1.55. The first kappa shape index (κ1) is 11.6. The third-order valence-corrected chi connectivity index (χ3v) is 2.92. The molecule has 0 radical (unpaired) electrons. The minimum Gasteiger partial charge on any atom is -0.480 e. The number of carbonyl (C=O) groups is 2. The van der Waals surface area contributed by atoms with Crippen LogP contribution < -0.4 is 0 Å². The van der Waals surface area contributed by atoms with Gasteiger partial charge in [0.1, 0.15) is 11.7 Å². The standard InChI is InChI=1S/C12H14N2O3/c1-7(2)10(12(16)17)14-6-8-4-3-5-13-9(8)11(14)15/h3-5,7,10H,6H2,1-2H3,(H,16,17). The molecule has 1 aliphatic heterocycles. The zero-order chi connectivity index (χ0) is 12.6. The summed E-state index contributed by atoms with van der Waals surface area (Å²) in [6, 6.07) is 2.76. The van der Waals surface area contributed by atoms with Crippen LogP contribution >= 0.6 is 0 Å². The van der Waals surface area contributed by atoms with E-state index in [1.54, 1.807) is 32.2 Å². The number of fused-ring (bicyclic) bond motifs is 1. The molecule has 1 aliphatic rings. The molecule has 1 amide bonds. The van der Waals surface area contributed by atoms with Gasteiger partial charge < -0.3 is 10.0 Å². The van der Waals surface area contributed by atoms with Gasteiger partial charge in [0.2, 0.25) is 0 Å². The number of carboxylic acids is 1. The number of hydrogen-bond donors (Lipinski definition) is 1. The molecule has 5 heteroatoms. The van der Waals surface area contributed by atoms with Gasteiger partial charge in [0.05, 0.1) is 0 Å². The number of rotatable bonds is 3. The summed E-state index contributed by atoms with van der Waals surface area (Å²) >= 11 is 0. The molecule has 0 spiro atoms. The lowest BCUT2D eigenvalue weighted by atomic mass is 10.0. The van der Waals surface area contributed by atoms with Crippen LogP contribution in [0.3, 0.4) is 0 Å². The van der Waals surface area contributed by atoms with Crippen LogP contribution in [-0.4, -0.2) is 32.9 Å². The maximum atomic E-state index is 12.0. The van der Waals surface area contributed by atoms with E-state index in [0.717, 1.165) is 5.56 Å². The highest BCUT2D eigenvalue weighted by atomic mass is 16.4. The van der Waals surface area contributed by atoms with Crippen molar-refractivity contribution in [2.45, 2.75) is 26.4 Å². The molecule has 2 rings (SSSR count). The van der Waals surface area contributed by atoms with Gasteiger partial charge in [-0.05, 0) is 12.0 Å². The van der Waals surface area contributed by atoms with Crippen molar-refractivity contribution in [2.75, 3.05) is 0 Å². The Bertz CT molecular complexity index is 471. The summed E-state index contributed by atoms with van der Waals surface area (Å²) in [7, 11) is 0. The highest BCUT2D eigenvalue weighted by molar-refractivity contribution is 5.98. The molecule has 5 nitrogen and oxygen atoms in total. The molecule has 0 aliphatic carbocycles. The van der Waals surface area contributed by atoms with Crippen LogP contribution in [-0.2, 0) is 11.3 Å². The lowest BCUT2D eigenvalue weighted by Gasteiger charge is -2.26. The van der Waals surface area contributed by atoms with Gasteiger partial charge in [-0.15, -0.1) is 0 Å². The second-order valence-electron chi connectivity index (χ2n) is 4.47. The molecule has 2 heterocycles. The van der Waals surface area contributed by atoms with E-state index in [2.05, 4.69) is 4.98 Å². The highest BCUT2D eigenvalue weighted by Crippen LogP contribution is 2.25. The lowest BCUT2D eigenvalue weighted by molar-refractivity contribution is -0.144. The van der Waals surface area contributed by atoms with Crippen molar-refractivity contribution < 1.29 is 14.7 Å². The largest absolute Gasteiger partial charge is 0.480 e. The number of aromatic nitrogens is 1. The molecule has 0 saturated carbocycles. The van der Waals surface area contributed by atoms with Crippen molar-refractivity contribution in [1.29, 1.82) is 0 Å². The van der Waals surface area contributed by atoms with Gasteiger partial charge in [-0.1, -0.05) is 19.9 Å². The summed E-state index contributed by atoms with van der Waals surface area (Å²) in [5, 5.41) is 9.19. The van der Waals surface area contributed by atoms with Crippen LogP contribution in [0.1, 0.15) is 29.9 Å². The van der Waals surface area contributed by atoms with Gasteiger partial charge in [-0.25, -0.2) is 4.79 Å². The molecule has 1 atom stereocenters. The molecule has 1 aromatic heterocycles. The predicted octanol–water partition coefficient (Wildman–Crippen LogP) is 1.15. The third kappa shape index (κ3) is 1.88. The summed E-state index contributed by atoms with van der Waals surface area (Å²) < 4.78 is 0. The van der Waals surface area contributed by atoms with Crippen molar-refractivity contribution in [2.24, 2.45) is 5.92 Å². The normalized spacial score (nSPS) is 16.2. The maximum Gasteiger partial charge on any atom is 0.326 e. The Morgan fingerprint density at radius 1 is 1.53 bits per heavy atom. The monoisotopic (exact) mass is 234 g/mol. The fourth-order valence-electron chi connectivity index (χ4n) is 2.15. The Morgan fingerprint density at radius 2 is 2.24 bits per heavy atom. The number of nitrogens with zero attached hydrogens (tertiary/aromatic N) is 2. The first-order valence-corrected chi connectivity index (χ1v) is 5.50. The van der Waals surface area contributed by atoms with E-state index in [0.29, 0.717) is 12.2 Å². The van der Waals surface area contributed by atoms with Crippen molar-refractivity contribution in [3.05, 3.63) is 29.6 Å². The van der Waals surface area contributed by atoms with E-state index in [1.807, 2.05) is 0 Å². The molecule has 1 N–H and O–H groups in total. The maximum absolute atomic E-state index is 12.0. The SMILES string of the molecule is CC(C)C(C(=O)O)N1Cc2cccnc2C1=O. The van der Waals surface area contributed by atoms with E-state index in [1.165, 1.54) is 4.90 Å². The molecule has 17 heavy (non-hydrogen) atoms. The minimum absolute atomic E-state index is 0.134. The average Bonchev–Trinajstić information content (AvgIpc) is 2.56. The van der Waals surface area contributed by atoms with Crippen LogP contribution in [0, 0.1) is 5.92 Å². The van der Waals surface area contributed by atoms with Crippen molar-refractivity contribution in [1.82, 2.24) is 9.88 Å². The Labute approximate surface area is 99.1 Å². The number of carbonyl (C=O) groups excluding carboxylic acids is 1. The predicted molar refractivity (Wildman–Crippen MR) is 60.4 cm³/mol. The minimum atomic E-state index is -0.971. The van der Waals surface area contributed by atoms with E-state index in [-0.39, 0.29) is 11.8 Å². The molecular weight excluding hydrogens is 220 g/mol. The van der Waals surface area contributed by atoms with Gasteiger partial charge in [-0.2, -0.15) is 0 Å². The smallest absolute Gasteiger partial charge is 0.326 e. The number of carboxylic acid groups (broad SMARTS) is 1. The van der Waals surface area contributed by atoms with Crippen LogP contribution in [0.2, 0.25) is 0 Å². The van der Waals surface area contributed by atoms with Crippen LogP contribution in [0.15, 0.2) is 18.3 Å². The fourth-order valence-corrected chi connectivity index (χ4v) is 2.15. The van der Waals surface area contributed by atoms with Gasteiger partial charge in [-0.3, -0.25) is 9.78 Å². The summed E-state index contributed by atoms with van der Waals surface area (Å²) in [5.41, 5.74) is 1.17. The average molecular weight is 234 g/mol. The molecule has 0 fully saturated rings. The van der Waals surface area contributed by atoms with Crippen molar-refractivity contribution in [3.8, 4) is 0 Å². The Kier molecular flexibility index (Phi) is 2.83. The van der Waals surface area contributed by atoms with E-state index >= 15 is 0 Å². The molecular formula is C12H14N2O3. The summed E-state index contributed by atoms with van der Waals surface area (Å²) in [5.74, 6) is -1.39. The quantitative estimate of drug-likeness (QED) is 0.851. The number of amides is 1. The fraction of sp³-hybridized carbons (Fsp3) is 0.417. The van der Waals surface area contributed by atoms with Gasteiger partial charge >= 0.3 is 5.97 Å². The summed E-state index contributed by atoms with van der Waals surface area (Å²) in [4.78, 5) is 28.6. The Balaban J connectivity index is 2.33. The van der Waals surface area contributed by atoms with Crippen LogP contribution in [0.4, 0.5) is 0 Å². The molecule has 0 bridgehead atoms. The van der Waals surface area contributed by atoms with Gasteiger partial charge in [0.25, 0.3) is 5.91 Å². The van der Waals surface area contributed by atoms with Crippen LogP contribution in [0.5, 0.6) is 0 Å². The van der Waals surface area contributed by atoms with Crippen LogP contribution in [0.25, 0.3) is 0 Å². The lowest BCUT2D eigenvalue weighted by Crippen LogP contribution is -2.44. The first-order chi connectivity index (χ1) is 8.02. The van der Waals surface area contributed by atoms with E-state index in [9.17, 15) is 14.7 Å². The summed E-state index contributed by atoms with van der Waals surface area (Å²) in [6.45, 7) is 3.92. The van der Waals surface area contributed by atoms with Gasteiger partial charge in [0, 0.05) is 18.3 Å². The Hall–Kier alpha value is -1.91. The van der Waals surface area contributed by atoms with Gasteiger partial charge in [0.15, 0.2) is 0 Å². The van der Waals surface area contributed by atoms with E-state index < -0.39 is 12.0 Å². The van der Waals surface area contributed by atoms with Crippen molar-refractivity contribution >= 4 is 11.9 Å². The molecule has 0 aromatic carbocycles. The Morgan fingerprint density at radius 3 is 2.76 bits per heavy atom. The molecule has 1 aromatic rings. The zero-order valence-electron chi connectivity index (χ0n) is 9.75. The third-order valence-electron chi connectivity index (χ3n) is 2.92. The van der Waals surface area contributed by atoms with E-state index in [4.69, 9.17) is 0 Å². The number of pyridine rings is 1. The first-order valence-electron chi connectivity index (χ1n) is 5.50. The second kappa shape index (κ2) is 4.16. The number of hydrogen-bond acceptors (Lipinski definition) is 3. The highest BCUT2D eigenvalue weighted by Gasteiger charge is 2.38. The van der Waals surface area contributed by atoms with Crippen molar-refractivity contribution in [3.63, 3.8) is 0 Å². The second-order valence-corrected chi connectivity index (χ2v) is 4.47. The topological polar surface area (TPSA) is 70.5 Å². The molecule has 1 unspecified atom stereocenters. The molecule has 90 valence electrons. The molecule has 0 saturated heterocycles. The zero-order valence-corrected chi connectivity index (χ0v) is 9.75.